The van der Waals surface area contributed by atoms with Gasteiger partial charge in [0, 0.05) is 11.3 Å². The summed E-state index contributed by atoms with van der Waals surface area (Å²) >= 11 is 2.65. The summed E-state index contributed by atoms with van der Waals surface area (Å²) in [6.07, 6.45) is 0. The van der Waals surface area contributed by atoms with E-state index in [4.69, 9.17) is 0 Å². The van der Waals surface area contributed by atoms with Crippen LogP contribution < -0.4 is 0 Å². The molecule has 16 heavy (non-hydrogen) atoms. The zero-order valence-corrected chi connectivity index (χ0v) is 10.3. The van der Waals surface area contributed by atoms with Gasteiger partial charge < -0.3 is 0 Å². The minimum absolute atomic E-state index is 0.0911. The Morgan fingerprint density at radius 2 is 2.12 bits per heavy atom. The first-order valence-corrected chi connectivity index (χ1v) is 6.53. The van der Waals surface area contributed by atoms with E-state index >= 15 is 0 Å². The summed E-state index contributed by atoms with van der Waals surface area (Å²) in [5.41, 5.74) is 1.65. The van der Waals surface area contributed by atoms with Crippen molar-refractivity contribution in [1.29, 1.82) is 0 Å². The molecule has 0 saturated heterocycles. The highest BCUT2D eigenvalue weighted by molar-refractivity contribution is 8.13. The first-order valence-electron chi connectivity index (χ1n) is 4.77. The molecule has 1 heterocycles. The topological polar surface area (TPSA) is 42.9 Å². The fourth-order valence-electron chi connectivity index (χ4n) is 1.17. The molecule has 3 nitrogen and oxygen atoms in total. The zero-order chi connectivity index (χ0) is 11.4. The van der Waals surface area contributed by atoms with Crippen molar-refractivity contribution < 1.29 is 4.79 Å². The average molecular weight is 250 g/mol. The molecular formula is C11H10N2OS2. The monoisotopic (exact) mass is 250 g/mol. The maximum Gasteiger partial charge on any atom is 0.219 e. The third kappa shape index (κ3) is 2.68. The fraction of sp³-hybridized carbons (Fsp3) is 0.182. The second kappa shape index (κ2) is 5.23. The Labute approximate surface area is 102 Å². The van der Waals surface area contributed by atoms with Gasteiger partial charge in [-0.15, -0.1) is 5.10 Å². The largest absolute Gasteiger partial charge is 0.282 e. The van der Waals surface area contributed by atoms with Gasteiger partial charge in [-0.3, -0.25) is 4.79 Å². The summed E-state index contributed by atoms with van der Waals surface area (Å²) in [5, 5.41) is 4.00. The van der Waals surface area contributed by atoms with Crippen molar-refractivity contribution in [3.8, 4) is 0 Å². The van der Waals surface area contributed by atoms with E-state index in [9.17, 15) is 4.79 Å². The maximum atomic E-state index is 11.8. The van der Waals surface area contributed by atoms with Crippen LogP contribution in [0.4, 0.5) is 0 Å². The van der Waals surface area contributed by atoms with E-state index in [2.05, 4.69) is 9.59 Å². The first-order chi connectivity index (χ1) is 7.77. The molecule has 0 unspecified atom stereocenters. The predicted octanol–water partition coefficient (Wildman–Crippen LogP) is 2.92. The molecule has 0 atom stereocenters. The minimum atomic E-state index is 0.0911. The van der Waals surface area contributed by atoms with Gasteiger partial charge in [0.05, 0.1) is 10.6 Å². The Balaban J connectivity index is 1.97. The summed E-state index contributed by atoms with van der Waals surface area (Å²) in [4.78, 5) is 12.8. The first kappa shape index (κ1) is 11.3. The number of carbonyl (C=O) groups excluding carboxylic acids is 1. The second-order valence-corrected chi connectivity index (χ2v) is 5.01. The number of rotatable bonds is 3. The lowest BCUT2D eigenvalue weighted by Gasteiger charge is -1.98. The lowest BCUT2D eigenvalue weighted by atomic mass is 10.2. The molecule has 82 valence electrons. The third-order valence-corrected chi connectivity index (χ3v) is 4.03. The molecule has 0 N–H and O–H groups in total. The van der Waals surface area contributed by atoms with Gasteiger partial charge in [0.2, 0.25) is 5.12 Å². The van der Waals surface area contributed by atoms with Crippen molar-refractivity contribution >= 4 is 28.4 Å². The molecule has 1 aromatic carbocycles. The van der Waals surface area contributed by atoms with Crippen LogP contribution in [0.3, 0.4) is 0 Å². The van der Waals surface area contributed by atoms with E-state index in [1.807, 2.05) is 37.3 Å². The van der Waals surface area contributed by atoms with Gasteiger partial charge in [0.25, 0.3) is 0 Å². The summed E-state index contributed by atoms with van der Waals surface area (Å²) in [5.74, 6) is 0.650. The lowest BCUT2D eigenvalue weighted by molar-refractivity contribution is 0.108. The molecule has 2 aromatic rings. The van der Waals surface area contributed by atoms with Crippen LogP contribution in [0.5, 0.6) is 0 Å². The van der Waals surface area contributed by atoms with E-state index in [1.165, 1.54) is 23.3 Å². The molecule has 0 aliphatic rings. The van der Waals surface area contributed by atoms with E-state index in [1.54, 1.807) is 0 Å². The molecule has 2 rings (SSSR count). The maximum absolute atomic E-state index is 11.8. The quantitative estimate of drug-likeness (QED) is 0.840. The van der Waals surface area contributed by atoms with Crippen molar-refractivity contribution in [1.82, 2.24) is 9.59 Å². The van der Waals surface area contributed by atoms with Crippen LogP contribution in [0.2, 0.25) is 0 Å². The van der Waals surface area contributed by atoms with Crippen LogP contribution in [-0.4, -0.2) is 14.7 Å². The van der Waals surface area contributed by atoms with Crippen LogP contribution in [0, 0.1) is 6.92 Å². The van der Waals surface area contributed by atoms with Gasteiger partial charge in [-0.2, -0.15) is 0 Å². The summed E-state index contributed by atoms with van der Waals surface area (Å²) in [7, 11) is 0. The van der Waals surface area contributed by atoms with E-state index < -0.39 is 0 Å². The van der Waals surface area contributed by atoms with Crippen LogP contribution in [-0.2, 0) is 5.75 Å². The summed E-state index contributed by atoms with van der Waals surface area (Å²) in [6.45, 7) is 1.91. The Kier molecular flexibility index (Phi) is 3.69. The van der Waals surface area contributed by atoms with Gasteiger partial charge in [-0.1, -0.05) is 46.6 Å². The highest BCUT2D eigenvalue weighted by Gasteiger charge is 2.09. The van der Waals surface area contributed by atoms with Crippen LogP contribution >= 0.6 is 23.3 Å². The van der Waals surface area contributed by atoms with Gasteiger partial charge in [-0.25, -0.2) is 0 Å². The molecule has 0 spiro atoms. The average Bonchev–Trinajstić information content (AvgIpc) is 2.73. The number of hydrogen-bond acceptors (Lipinski definition) is 5. The molecule has 0 aliphatic heterocycles. The van der Waals surface area contributed by atoms with Gasteiger partial charge in [-0.05, 0) is 18.5 Å². The molecule has 0 fully saturated rings. The number of nitrogens with zero attached hydrogens (tertiary/aromatic N) is 2. The minimum Gasteiger partial charge on any atom is -0.282 e. The smallest absolute Gasteiger partial charge is 0.219 e. The molecular weight excluding hydrogens is 240 g/mol. The molecule has 1 aromatic heterocycles. The number of hydrogen-bond donors (Lipinski definition) is 0. The lowest BCUT2D eigenvalue weighted by Crippen LogP contribution is -1.93. The highest BCUT2D eigenvalue weighted by Crippen LogP contribution is 2.21. The SMILES string of the molecule is Cc1nnsc1CSC(=O)c1ccccc1. The molecule has 0 saturated carbocycles. The Morgan fingerprint density at radius 1 is 1.38 bits per heavy atom. The van der Waals surface area contributed by atoms with Crippen molar-refractivity contribution in [2.75, 3.05) is 0 Å². The standard InChI is InChI=1S/C11H10N2OS2/c1-8-10(16-13-12-8)7-15-11(14)9-5-3-2-4-6-9/h2-6H,7H2,1H3. The number of benzene rings is 1. The Hall–Kier alpha value is -1.20. The molecule has 0 bridgehead atoms. The highest BCUT2D eigenvalue weighted by atomic mass is 32.2. The van der Waals surface area contributed by atoms with Crippen LogP contribution in [0.15, 0.2) is 30.3 Å². The molecule has 0 amide bonds. The number of aromatic nitrogens is 2. The molecule has 5 heteroatoms. The fourth-order valence-corrected chi connectivity index (χ4v) is 2.77. The summed E-state index contributed by atoms with van der Waals surface area (Å²) < 4.78 is 3.84. The molecule has 0 aliphatic carbocycles. The van der Waals surface area contributed by atoms with Crippen LogP contribution in [0.1, 0.15) is 20.9 Å². The van der Waals surface area contributed by atoms with Gasteiger partial charge >= 0.3 is 0 Å². The number of carbonyl (C=O) groups is 1. The normalized spacial score (nSPS) is 10.3. The Bertz CT molecular complexity index is 482. The van der Waals surface area contributed by atoms with Crippen LogP contribution in [0.25, 0.3) is 0 Å². The predicted molar refractivity (Wildman–Crippen MR) is 66.7 cm³/mol. The van der Waals surface area contributed by atoms with Gasteiger partial charge in [0.15, 0.2) is 0 Å². The van der Waals surface area contributed by atoms with E-state index in [0.29, 0.717) is 5.75 Å². The van der Waals surface area contributed by atoms with E-state index in [0.717, 1.165) is 16.1 Å². The van der Waals surface area contributed by atoms with Crippen molar-refractivity contribution in [3.63, 3.8) is 0 Å². The molecule has 0 radical (unpaired) electrons. The Morgan fingerprint density at radius 3 is 2.75 bits per heavy atom. The third-order valence-electron chi connectivity index (χ3n) is 2.09. The van der Waals surface area contributed by atoms with Crippen molar-refractivity contribution in [2.24, 2.45) is 0 Å². The number of aryl methyl sites for hydroxylation is 1. The second-order valence-electron chi connectivity index (χ2n) is 3.22. The van der Waals surface area contributed by atoms with Crippen molar-refractivity contribution in [2.45, 2.75) is 12.7 Å². The zero-order valence-electron chi connectivity index (χ0n) is 8.71. The van der Waals surface area contributed by atoms with Gasteiger partial charge in [0.1, 0.15) is 0 Å². The number of thioether (sulfide) groups is 1. The van der Waals surface area contributed by atoms with Crippen molar-refractivity contribution in [3.05, 3.63) is 46.5 Å². The van der Waals surface area contributed by atoms with E-state index in [-0.39, 0.29) is 5.12 Å². The summed E-state index contributed by atoms with van der Waals surface area (Å²) in [6, 6.07) is 9.29.